The van der Waals surface area contributed by atoms with Gasteiger partial charge in [-0.25, -0.2) is 0 Å². The second-order valence-corrected chi connectivity index (χ2v) is 7.54. The fourth-order valence-electron chi connectivity index (χ4n) is 2.20. The van der Waals surface area contributed by atoms with Crippen molar-refractivity contribution in [1.29, 1.82) is 0 Å². The van der Waals surface area contributed by atoms with Gasteiger partial charge in [-0.1, -0.05) is 36.4 Å². The van der Waals surface area contributed by atoms with E-state index in [4.69, 9.17) is 0 Å². The summed E-state index contributed by atoms with van der Waals surface area (Å²) in [6, 6.07) is 25.0. The van der Waals surface area contributed by atoms with Gasteiger partial charge in [0.05, 0.1) is 11.4 Å². The van der Waals surface area contributed by atoms with Crippen LogP contribution in [0.5, 0.6) is 0 Å². The van der Waals surface area contributed by atoms with Crippen LogP contribution in [0.25, 0.3) is 0 Å². The predicted octanol–water partition coefficient (Wildman–Crippen LogP) is 5.71. The van der Waals surface area contributed by atoms with Crippen molar-refractivity contribution in [2.24, 2.45) is 0 Å². The second-order valence-electron chi connectivity index (χ2n) is 4.88. The number of hydrogen-bond donors (Lipinski definition) is 1. The summed E-state index contributed by atoms with van der Waals surface area (Å²) < 4.78 is 0.184. The van der Waals surface area contributed by atoms with E-state index in [1.54, 1.807) is 0 Å². The van der Waals surface area contributed by atoms with Gasteiger partial charge in [0.15, 0.2) is 0 Å². The largest absolute Gasteiger partial charge is 0.387 e. The van der Waals surface area contributed by atoms with Crippen molar-refractivity contribution < 1.29 is 0 Å². The molecule has 0 spiro atoms. The van der Waals surface area contributed by atoms with E-state index >= 15 is 0 Å². The van der Waals surface area contributed by atoms with Crippen LogP contribution in [0.3, 0.4) is 0 Å². The Morgan fingerprint density at radius 2 is 1.35 bits per heavy atom. The zero-order chi connectivity index (χ0) is 15.9. The molecule has 3 aromatic rings. The summed E-state index contributed by atoms with van der Waals surface area (Å²) in [6.45, 7) is 0. The number of thioether (sulfide) groups is 2. The van der Waals surface area contributed by atoms with Crippen LogP contribution >= 0.6 is 23.5 Å². The van der Waals surface area contributed by atoms with Crippen molar-refractivity contribution in [2.75, 3.05) is 12.4 Å². The molecule has 1 N–H and O–H groups in total. The SMILES string of the molecule is CNc1cccnc1C(Sc1ccccc1)Sc1ccccc1. The molecule has 0 amide bonds. The number of benzene rings is 2. The minimum atomic E-state index is 0.184. The minimum absolute atomic E-state index is 0.184. The summed E-state index contributed by atoms with van der Waals surface area (Å²) in [5.74, 6) is 0. The second kappa shape index (κ2) is 8.09. The number of anilines is 1. The van der Waals surface area contributed by atoms with Crippen molar-refractivity contribution in [3.8, 4) is 0 Å². The van der Waals surface area contributed by atoms with Crippen LogP contribution in [0.15, 0.2) is 88.8 Å². The topological polar surface area (TPSA) is 24.9 Å². The molecule has 0 aliphatic heterocycles. The lowest BCUT2D eigenvalue weighted by Crippen LogP contribution is -2.00. The molecule has 0 fully saturated rings. The maximum Gasteiger partial charge on any atom is 0.104 e. The van der Waals surface area contributed by atoms with Gasteiger partial charge in [0, 0.05) is 23.0 Å². The summed E-state index contributed by atoms with van der Waals surface area (Å²) in [5.41, 5.74) is 2.14. The third-order valence-corrected chi connectivity index (χ3v) is 5.84. The molecule has 0 aliphatic rings. The zero-order valence-corrected chi connectivity index (χ0v) is 14.5. The fraction of sp³-hybridized carbons (Fsp3) is 0.105. The molecule has 0 saturated carbocycles. The Morgan fingerprint density at radius 1 is 0.783 bits per heavy atom. The highest BCUT2D eigenvalue weighted by atomic mass is 32.2. The van der Waals surface area contributed by atoms with E-state index in [9.17, 15) is 0 Å². The third kappa shape index (κ3) is 4.30. The molecule has 0 radical (unpaired) electrons. The normalized spacial score (nSPS) is 10.7. The number of pyridine rings is 1. The molecule has 1 aromatic heterocycles. The van der Waals surface area contributed by atoms with Crippen LogP contribution in [-0.2, 0) is 0 Å². The standard InChI is InChI=1S/C19H18N2S2/c1-20-17-13-8-14-21-18(17)19(22-15-9-4-2-5-10-15)23-16-11-6-3-7-12-16/h2-14,19-20H,1H3. The highest BCUT2D eigenvalue weighted by Gasteiger charge is 2.19. The summed E-state index contributed by atoms with van der Waals surface area (Å²) in [6.07, 6.45) is 1.86. The van der Waals surface area contributed by atoms with Gasteiger partial charge in [-0.15, -0.1) is 23.5 Å². The Kier molecular flexibility index (Phi) is 5.61. The van der Waals surface area contributed by atoms with Crippen LogP contribution < -0.4 is 5.32 Å². The van der Waals surface area contributed by atoms with Crippen molar-refractivity contribution in [3.63, 3.8) is 0 Å². The number of nitrogens with zero attached hydrogens (tertiary/aromatic N) is 1. The molecule has 0 atom stereocenters. The Labute approximate surface area is 145 Å². The number of hydrogen-bond acceptors (Lipinski definition) is 4. The molecule has 2 nitrogen and oxygen atoms in total. The summed E-state index contributed by atoms with van der Waals surface area (Å²) in [5, 5.41) is 3.26. The fourth-order valence-corrected chi connectivity index (χ4v) is 4.78. The first-order valence-corrected chi connectivity index (χ1v) is 9.19. The molecule has 0 aliphatic carbocycles. The van der Waals surface area contributed by atoms with E-state index in [2.05, 4.69) is 64.9 Å². The van der Waals surface area contributed by atoms with Gasteiger partial charge in [0.1, 0.15) is 4.58 Å². The van der Waals surface area contributed by atoms with E-state index in [1.807, 2.05) is 55.0 Å². The van der Waals surface area contributed by atoms with Gasteiger partial charge in [0.2, 0.25) is 0 Å². The van der Waals surface area contributed by atoms with Crippen molar-refractivity contribution in [3.05, 3.63) is 84.7 Å². The number of nitrogens with one attached hydrogen (secondary N) is 1. The van der Waals surface area contributed by atoms with Gasteiger partial charge in [0.25, 0.3) is 0 Å². The zero-order valence-electron chi connectivity index (χ0n) is 12.8. The quantitative estimate of drug-likeness (QED) is 0.460. The first-order valence-electron chi connectivity index (χ1n) is 7.43. The van der Waals surface area contributed by atoms with Gasteiger partial charge in [-0.3, -0.25) is 4.98 Å². The van der Waals surface area contributed by atoms with Crippen molar-refractivity contribution in [1.82, 2.24) is 4.98 Å². The molecule has 0 unspecified atom stereocenters. The molecule has 1 heterocycles. The molecule has 0 bridgehead atoms. The minimum Gasteiger partial charge on any atom is -0.387 e. The van der Waals surface area contributed by atoms with E-state index in [0.717, 1.165) is 11.4 Å². The molecule has 23 heavy (non-hydrogen) atoms. The van der Waals surface area contributed by atoms with E-state index in [1.165, 1.54) is 9.79 Å². The van der Waals surface area contributed by atoms with Crippen LogP contribution in [0.4, 0.5) is 5.69 Å². The molecule has 0 saturated heterocycles. The monoisotopic (exact) mass is 338 g/mol. The van der Waals surface area contributed by atoms with Crippen LogP contribution in [0, 0.1) is 0 Å². The lowest BCUT2D eigenvalue weighted by Gasteiger charge is -2.18. The molecule has 2 aromatic carbocycles. The van der Waals surface area contributed by atoms with Crippen LogP contribution in [0.1, 0.15) is 10.3 Å². The average Bonchev–Trinajstić information content (AvgIpc) is 2.63. The Balaban J connectivity index is 1.92. The lowest BCUT2D eigenvalue weighted by molar-refractivity contribution is 1.15. The Hall–Kier alpha value is -1.91. The lowest BCUT2D eigenvalue weighted by atomic mass is 10.3. The van der Waals surface area contributed by atoms with Crippen molar-refractivity contribution >= 4 is 29.2 Å². The highest BCUT2D eigenvalue weighted by molar-refractivity contribution is 8.16. The number of rotatable bonds is 6. The maximum absolute atomic E-state index is 4.64. The van der Waals surface area contributed by atoms with Crippen LogP contribution in [-0.4, -0.2) is 12.0 Å². The maximum atomic E-state index is 4.64. The first-order chi connectivity index (χ1) is 11.4. The predicted molar refractivity (Wildman–Crippen MR) is 101 cm³/mol. The molecular formula is C19H18N2S2. The smallest absolute Gasteiger partial charge is 0.104 e. The Morgan fingerprint density at radius 3 is 1.87 bits per heavy atom. The van der Waals surface area contributed by atoms with Gasteiger partial charge < -0.3 is 5.32 Å². The Bertz CT molecular complexity index is 691. The first kappa shape index (κ1) is 16.0. The summed E-state index contributed by atoms with van der Waals surface area (Å²) in [7, 11) is 1.94. The molecule has 4 heteroatoms. The number of aromatic nitrogens is 1. The van der Waals surface area contributed by atoms with E-state index < -0.39 is 0 Å². The van der Waals surface area contributed by atoms with Gasteiger partial charge in [-0.05, 0) is 36.4 Å². The summed E-state index contributed by atoms with van der Waals surface area (Å²) in [4.78, 5) is 7.13. The third-order valence-electron chi connectivity index (χ3n) is 3.30. The highest BCUT2D eigenvalue weighted by Crippen LogP contribution is 2.48. The molecule has 3 rings (SSSR count). The van der Waals surface area contributed by atoms with Gasteiger partial charge >= 0.3 is 0 Å². The average molecular weight is 339 g/mol. The van der Waals surface area contributed by atoms with Crippen molar-refractivity contribution in [2.45, 2.75) is 14.4 Å². The molecular weight excluding hydrogens is 320 g/mol. The summed E-state index contributed by atoms with van der Waals surface area (Å²) >= 11 is 3.65. The molecule has 116 valence electrons. The van der Waals surface area contributed by atoms with Crippen LogP contribution in [0.2, 0.25) is 0 Å². The van der Waals surface area contributed by atoms with Gasteiger partial charge in [-0.2, -0.15) is 0 Å². The van der Waals surface area contributed by atoms with E-state index in [0.29, 0.717) is 0 Å². The van der Waals surface area contributed by atoms with E-state index in [-0.39, 0.29) is 4.58 Å².